The van der Waals surface area contributed by atoms with Gasteiger partial charge in [-0.1, -0.05) is 36.4 Å². The Hall–Kier alpha value is -3.41. The van der Waals surface area contributed by atoms with Gasteiger partial charge in [-0.2, -0.15) is 0 Å². The number of anilines is 1. The van der Waals surface area contributed by atoms with E-state index in [2.05, 4.69) is 10.3 Å². The molecule has 6 heteroatoms. The third-order valence-corrected chi connectivity index (χ3v) is 5.20. The van der Waals surface area contributed by atoms with E-state index in [1.165, 1.54) is 0 Å². The second-order valence-electron chi connectivity index (χ2n) is 7.17. The van der Waals surface area contributed by atoms with Crippen LogP contribution in [-0.4, -0.2) is 27.9 Å². The Bertz CT molecular complexity index is 1070. The molecule has 0 spiro atoms. The van der Waals surface area contributed by atoms with Crippen molar-refractivity contribution in [2.45, 2.75) is 25.8 Å². The van der Waals surface area contributed by atoms with Gasteiger partial charge in [-0.05, 0) is 31.5 Å². The summed E-state index contributed by atoms with van der Waals surface area (Å²) in [6.45, 7) is 3.93. The summed E-state index contributed by atoms with van der Waals surface area (Å²) in [5.74, 6) is -0.339. The Morgan fingerprint density at radius 1 is 1.17 bits per heavy atom. The Morgan fingerprint density at radius 3 is 2.59 bits per heavy atom. The molecular formula is C23H23N3O3. The van der Waals surface area contributed by atoms with Gasteiger partial charge in [0, 0.05) is 18.9 Å². The summed E-state index contributed by atoms with van der Waals surface area (Å²) in [6, 6.07) is 14.5. The Balaban J connectivity index is 1.89. The van der Waals surface area contributed by atoms with Crippen LogP contribution >= 0.6 is 0 Å². The highest BCUT2D eigenvalue weighted by atomic mass is 16.5. The van der Waals surface area contributed by atoms with Gasteiger partial charge in [-0.3, -0.25) is 4.79 Å². The number of hydrogen-bond acceptors (Lipinski definition) is 5. The number of ether oxygens (including phenoxy) is 1. The lowest BCUT2D eigenvalue weighted by molar-refractivity contribution is 0.0522. The van der Waals surface area contributed by atoms with Crippen molar-refractivity contribution >= 4 is 17.4 Å². The van der Waals surface area contributed by atoms with Crippen molar-refractivity contribution in [3.8, 4) is 0 Å². The van der Waals surface area contributed by atoms with Gasteiger partial charge >= 0.3 is 5.97 Å². The molecule has 0 saturated carbocycles. The number of aryl methyl sites for hydroxylation is 2. The minimum Gasteiger partial charge on any atom is -0.462 e. The van der Waals surface area contributed by atoms with Gasteiger partial charge in [0.25, 0.3) is 0 Å². The van der Waals surface area contributed by atoms with Gasteiger partial charge in [0.05, 0.1) is 35.4 Å². The molecule has 4 rings (SSSR count). The summed E-state index contributed by atoms with van der Waals surface area (Å²) >= 11 is 0. The topological polar surface area (TPSA) is 73.2 Å². The number of esters is 1. The normalized spacial score (nSPS) is 18.1. The highest BCUT2D eigenvalue weighted by Gasteiger charge is 2.41. The van der Waals surface area contributed by atoms with E-state index >= 15 is 0 Å². The minimum atomic E-state index is -0.514. The molecule has 0 amide bonds. The average molecular weight is 389 g/mol. The molecule has 2 unspecified atom stereocenters. The van der Waals surface area contributed by atoms with E-state index in [0.29, 0.717) is 11.3 Å². The summed E-state index contributed by atoms with van der Waals surface area (Å²) < 4.78 is 7.12. The summed E-state index contributed by atoms with van der Waals surface area (Å²) in [5.41, 5.74) is 3.05. The predicted octanol–water partition coefficient (Wildman–Crippen LogP) is 4.04. The van der Waals surface area contributed by atoms with Crippen LogP contribution < -0.4 is 5.32 Å². The number of imidazole rings is 1. The fourth-order valence-electron chi connectivity index (χ4n) is 4.02. The van der Waals surface area contributed by atoms with Crippen molar-refractivity contribution in [3.05, 3.63) is 82.9 Å². The van der Waals surface area contributed by atoms with Crippen LogP contribution in [-0.2, 0) is 11.8 Å². The quantitative estimate of drug-likeness (QED) is 0.682. The maximum atomic E-state index is 13.8. The van der Waals surface area contributed by atoms with Gasteiger partial charge < -0.3 is 14.6 Å². The molecule has 29 heavy (non-hydrogen) atoms. The van der Waals surface area contributed by atoms with Crippen molar-refractivity contribution < 1.29 is 14.3 Å². The highest BCUT2D eigenvalue weighted by Crippen LogP contribution is 2.43. The molecule has 6 nitrogen and oxygen atoms in total. The van der Waals surface area contributed by atoms with Gasteiger partial charge in [0.1, 0.15) is 5.82 Å². The minimum absolute atomic E-state index is 0.112. The van der Waals surface area contributed by atoms with E-state index in [-0.39, 0.29) is 24.0 Å². The molecule has 2 atom stereocenters. The van der Waals surface area contributed by atoms with Crippen LogP contribution in [0, 0.1) is 6.92 Å². The first-order valence-corrected chi connectivity index (χ1v) is 9.67. The number of hydrogen-bond donors (Lipinski definition) is 1. The first kappa shape index (κ1) is 18.9. The van der Waals surface area contributed by atoms with Crippen molar-refractivity contribution in [1.29, 1.82) is 0 Å². The van der Waals surface area contributed by atoms with Crippen LogP contribution in [0.15, 0.2) is 54.7 Å². The van der Waals surface area contributed by atoms with E-state index < -0.39 is 11.9 Å². The molecule has 2 aromatic carbocycles. The maximum Gasteiger partial charge on any atom is 0.338 e. The van der Waals surface area contributed by atoms with E-state index in [1.807, 2.05) is 61.1 Å². The highest BCUT2D eigenvalue weighted by molar-refractivity contribution is 6.14. The maximum absolute atomic E-state index is 13.8. The Labute approximate surface area is 169 Å². The average Bonchev–Trinajstić information content (AvgIpc) is 3.06. The molecule has 1 aliphatic heterocycles. The molecule has 0 fully saturated rings. The lowest BCUT2D eigenvalue weighted by Crippen LogP contribution is -2.34. The van der Waals surface area contributed by atoms with E-state index in [4.69, 9.17) is 4.74 Å². The van der Waals surface area contributed by atoms with Crippen molar-refractivity contribution in [2.24, 2.45) is 7.05 Å². The molecular weight excluding hydrogens is 366 g/mol. The predicted molar refractivity (Wildman–Crippen MR) is 110 cm³/mol. The van der Waals surface area contributed by atoms with Crippen molar-refractivity contribution in [2.75, 3.05) is 11.9 Å². The van der Waals surface area contributed by atoms with E-state index in [1.54, 1.807) is 19.1 Å². The van der Waals surface area contributed by atoms with Gasteiger partial charge in [-0.25, -0.2) is 9.78 Å². The number of carbonyl (C=O) groups excluding carboxylic acids is 2. The number of Topliss-reactive ketones (excluding diaryl/α,β-unsaturated/α-hetero) is 1. The molecule has 1 aromatic heterocycles. The van der Waals surface area contributed by atoms with Gasteiger partial charge in [0.2, 0.25) is 0 Å². The van der Waals surface area contributed by atoms with Gasteiger partial charge in [0.15, 0.2) is 5.78 Å². The summed E-state index contributed by atoms with van der Waals surface area (Å²) in [4.78, 5) is 30.9. The number of nitrogens with zero attached hydrogens (tertiary/aromatic N) is 2. The molecule has 148 valence electrons. The van der Waals surface area contributed by atoms with Crippen LogP contribution in [0.1, 0.15) is 56.7 Å². The molecule has 0 aliphatic carbocycles. The number of carbonyl (C=O) groups is 2. The van der Waals surface area contributed by atoms with Crippen molar-refractivity contribution in [1.82, 2.24) is 9.55 Å². The summed E-state index contributed by atoms with van der Waals surface area (Å²) in [6.07, 6.45) is 1.94. The number of rotatable bonds is 4. The fourth-order valence-corrected chi connectivity index (χ4v) is 4.02. The second-order valence-corrected chi connectivity index (χ2v) is 7.17. The number of fused-ring (bicyclic) bond motifs is 1. The summed E-state index contributed by atoms with van der Waals surface area (Å²) in [5, 5.41) is 3.47. The zero-order valence-corrected chi connectivity index (χ0v) is 16.7. The van der Waals surface area contributed by atoms with Crippen LogP contribution in [0.5, 0.6) is 0 Å². The zero-order valence-electron chi connectivity index (χ0n) is 16.7. The lowest BCUT2D eigenvalue weighted by atomic mass is 9.79. The first-order valence-electron chi connectivity index (χ1n) is 9.67. The zero-order chi connectivity index (χ0) is 20.5. The molecule has 0 radical (unpaired) electrons. The monoisotopic (exact) mass is 389 g/mol. The molecule has 0 bridgehead atoms. The number of ketones is 1. The molecule has 1 aliphatic rings. The second kappa shape index (κ2) is 7.54. The first-order chi connectivity index (χ1) is 14.0. The van der Waals surface area contributed by atoms with Crippen LogP contribution in [0.3, 0.4) is 0 Å². The van der Waals surface area contributed by atoms with Crippen LogP contribution in [0.25, 0.3) is 0 Å². The number of nitrogens with one attached hydrogen (secondary N) is 1. The van der Waals surface area contributed by atoms with Crippen molar-refractivity contribution in [3.63, 3.8) is 0 Å². The Kier molecular flexibility index (Phi) is 4.92. The molecule has 0 saturated heterocycles. The molecule has 3 aromatic rings. The molecule has 2 heterocycles. The SMILES string of the molecule is CCOC(=O)c1cccc2c1C(=O)C(c1ccccc1)C(c1nc(C)cn1C)N2. The Morgan fingerprint density at radius 2 is 1.93 bits per heavy atom. The largest absolute Gasteiger partial charge is 0.462 e. The van der Waals surface area contributed by atoms with Crippen LogP contribution in [0.4, 0.5) is 5.69 Å². The van der Waals surface area contributed by atoms with Gasteiger partial charge in [-0.15, -0.1) is 0 Å². The smallest absolute Gasteiger partial charge is 0.338 e. The lowest BCUT2D eigenvalue weighted by Gasteiger charge is -2.34. The molecule has 1 N–H and O–H groups in total. The third kappa shape index (κ3) is 3.31. The number of aromatic nitrogens is 2. The standard InChI is InChI=1S/C23H23N3O3/c1-4-29-23(28)16-11-8-12-17-19(16)21(27)18(15-9-6-5-7-10-15)20(25-17)22-24-14(2)13-26(22)3/h5-13,18,20,25H,4H2,1-3H3. The summed E-state index contributed by atoms with van der Waals surface area (Å²) in [7, 11) is 1.92. The van der Waals surface area contributed by atoms with Crippen LogP contribution in [0.2, 0.25) is 0 Å². The van der Waals surface area contributed by atoms with E-state index in [9.17, 15) is 9.59 Å². The van der Waals surface area contributed by atoms with E-state index in [0.717, 1.165) is 17.1 Å². The fraction of sp³-hybridized carbons (Fsp3) is 0.261. The third-order valence-electron chi connectivity index (χ3n) is 5.20. The number of benzene rings is 2.